The average molecular weight is 390 g/mol. The van der Waals surface area contributed by atoms with Gasteiger partial charge in [-0.3, -0.25) is 4.79 Å². The Balaban J connectivity index is 2.20. The van der Waals surface area contributed by atoms with Gasteiger partial charge in [-0.05, 0) is 26.0 Å². The molecule has 2 aromatic heterocycles. The molecule has 0 radical (unpaired) electrons. The first kappa shape index (κ1) is 18.9. The molecule has 0 aliphatic carbocycles. The summed E-state index contributed by atoms with van der Waals surface area (Å²) in [6, 6.07) is 0.811. The van der Waals surface area contributed by atoms with Crippen LogP contribution in [0.5, 0.6) is 0 Å². The number of aryl methyl sites for hydroxylation is 1. The number of H-pyrrole nitrogens is 1. The van der Waals surface area contributed by atoms with Crippen LogP contribution < -0.4 is 5.56 Å². The van der Waals surface area contributed by atoms with Gasteiger partial charge in [0.15, 0.2) is 5.65 Å². The smallest absolute Gasteiger partial charge is 0.310 e. The molecule has 2 heterocycles. The highest BCUT2D eigenvalue weighted by molar-refractivity contribution is 5.77. The summed E-state index contributed by atoms with van der Waals surface area (Å²) in [5, 5.41) is 3.23. The number of benzene rings is 1. The van der Waals surface area contributed by atoms with Gasteiger partial charge in [0.1, 0.15) is 22.7 Å². The Hall–Kier alpha value is -2.85. The van der Waals surface area contributed by atoms with E-state index in [-0.39, 0.29) is 17.0 Å². The Morgan fingerprint density at radius 2 is 1.89 bits per heavy atom. The van der Waals surface area contributed by atoms with Crippen LogP contribution in [0.1, 0.15) is 42.0 Å². The lowest BCUT2D eigenvalue weighted by atomic mass is 10.0. The highest BCUT2D eigenvalue weighted by atomic mass is 19.4. The van der Waals surface area contributed by atoms with E-state index in [1.807, 2.05) is 0 Å². The van der Waals surface area contributed by atoms with Crippen molar-refractivity contribution in [1.29, 1.82) is 0 Å². The zero-order chi connectivity index (χ0) is 20.1. The number of nitrogens with zero attached hydrogens (tertiary/aromatic N) is 3. The molecular weight excluding hydrogens is 378 g/mol. The molecule has 27 heavy (non-hydrogen) atoms. The van der Waals surface area contributed by atoms with Crippen molar-refractivity contribution in [2.45, 2.75) is 32.5 Å². The number of hydrogen-bond acceptors (Lipinski definition) is 3. The van der Waals surface area contributed by atoms with E-state index >= 15 is 0 Å². The van der Waals surface area contributed by atoms with Gasteiger partial charge < -0.3 is 4.98 Å². The molecule has 5 nitrogen and oxygen atoms in total. The van der Waals surface area contributed by atoms with Crippen molar-refractivity contribution in [1.82, 2.24) is 19.7 Å². The number of nitrogens with one attached hydrogen (secondary N) is 1. The molecular formula is C16H12F6N4O. The summed E-state index contributed by atoms with van der Waals surface area (Å²) in [4.78, 5) is 18.3. The molecule has 0 unspecified atom stereocenters. The third-order valence-corrected chi connectivity index (χ3v) is 4.06. The van der Waals surface area contributed by atoms with E-state index < -0.39 is 46.7 Å². The molecule has 0 spiro atoms. The first-order valence-electron chi connectivity index (χ1n) is 7.64. The predicted octanol–water partition coefficient (Wildman–Crippen LogP) is 4.13. The molecule has 3 aromatic rings. The average Bonchev–Trinajstić information content (AvgIpc) is 2.93. The fourth-order valence-electron chi connectivity index (χ4n) is 2.78. The largest absolute Gasteiger partial charge is 0.416 e. The summed E-state index contributed by atoms with van der Waals surface area (Å²) in [7, 11) is 0. The second-order valence-corrected chi connectivity index (χ2v) is 5.89. The second kappa shape index (κ2) is 6.39. The van der Waals surface area contributed by atoms with Crippen LogP contribution >= 0.6 is 0 Å². The Morgan fingerprint density at radius 3 is 2.44 bits per heavy atom. The Bertz CT molecular complexity index is 1070. The summed E-state index contributed by atoms with van der Waals surface area (Å²) < 4.78 is 79.8. The predicted molar refractivity (Wildman–Crippen MR) is 83.1 cm³/mol. The van der Waals surface area contributed by atoms with Crippen LogP contribution in [-0.2, 0) is 6.18 Å². The van der Waals surface area contributed by atoms with Gasteiger partial charge in [-0.15, -0.1) is 0 Å². The number of alkyl halides is 5. The van der Waals surface area contributed by atoms with Gasteiger partial charge in [0, 0.05) is 5.56 Å². The van der Waals surface area contributed by atoms with Gasteiger partial charge in [-0.2, -0.15) is 18.3 Å². The van der Waals surface area contributed by atoms with Crippen LogP contribution in [0.15, 0.2) is 23.0 Å². The van der Waals surface area contributed by atoms with Crippen molar-refractivity contribution in [3.05, 3.63) is 57.0 Å². The van der Waals surface area contributed by atoms with E-state index in [1.165, 1.54) is 13.8 Å². The van der Waals surface area contributed by atoms with Crippen molar-refractivity contribution in [3.8, 4) is 0 Å². The number of hydrogen-bond donors (Lipinski definition) is 1. The Kier molecular flexibility index (Phi) is 4.48. The highest BCUT2D eigenvalue weighted by Crippen LogP contribution is 2.33. The fraction of sp³-hybridized carbons (Fsp3) is 0.312. The lowest BCUT2D eigenvalue weighted by Crippen LogP contribution is -2.15. The second-order valence-electron chi connectivity index (χ2n) is 5.89. The minimum Gasteiger partial charge on any atom is -0.310 e. The van der Waals surface area contributed by atoms with Gasteiger partial charge in [0.25, 0.3) is 12.0 Å². The zero-order valence-electron chi connectivity index (χ0n) is 13.9. The number of rotatable bonds is 3. The zero-order valence-corrected chi connectivity index (χ0v) is 13.9. The van der Waals surface area contributed by atoms with Crippen molar-refractivity contribution in [3.63, 3.8) is 0 Å². The molecule has 1 atom stereocenters. The van der Waals surface area contributed by atoms with Gasteiger partial charge in [-0.1, -0.05) is 6.07 Å². The third-order valence-electron chi connectivity index (χ3n) is 4.06. The summed E-state index contributed by atoms with van der Waals surface area (Å²) in [6.45, 7) is 2.77. The Morgan fingerprint density at radius 1 is 1.22 bits per heavy atom. The standard InChI is InChI=1S/C16H12F6N4O/c1-6(9-4-3-8(5-10(9)17)16(20,21)22)26-14-11(12(25-26)13(18)19)15(27)24-7(2)23-14/h3-6,13H,1-2H3,(H,23,24,27)/t6-/m0/s1. The van der Waals surface area contributed by atoms with Gasteiger partial charge >= 0.3 is 6.18 Å². The van der Waals surface area contributed by atoms with Crippen LogP contribution in [0.2, 0.25) is 0 Å². The maximum absolute atomic E-state index is 14.3. The molecule has 0 bridgehead atoms. The summed E-state index contributed by atoms with van der Waals surface area (Å²) in [5.74, 6) is -1.06. The number of aromatic nitrogens is 4. The van der Waals surface area contributed by atoms with Gasteiger partial charge in [0.2, 0.25) is 0 Å². The maximum Gasteiger partial charge on any atom is 0.416 e. The van der Waals surface area contributed by atoms with E-state index in [9.17, 15) is 31.1 Å². The normalized spacial score (nSPS) is 13.5. The van der Waals surface area contributed by atoms with E-state index in [2.05, 4.69) is 15.1 Å². The summed E-state index contributed by atoms with van der Waals surface area (Å²) in [5.41, 5.74) is -3.27. The lowest BCUT2D eigenvalue weighted by molar-refractivity contribution is -0.137. The third kappa shape index (κ3) is 3.28. The molecule has 144 valence electrons. The highest BCUT2D eigenvalue weighted by Gasteiger charge is 2.32. The summed E-state index contributed by atoms with van der Waals surface area (Å²) >= 11 is 0. The van der Waals surface area contributed by atoms with E-state index in [0.29, 0.717) is 12.1 Å². The van der Waals surface area contributed by atoms with Gasteiger partial charge in [0.05, 0.1) is 11.6 Å². The molecule has 1 N–H and O–H groups in total. The molecule has 0 saturated carbocycles. The molecule has 0 fully saturated rings. The Labute approximate surface area is 147 Å². The molecule has 0 saturated heterocycles. The fourth-order valence-corrected chi connectivity index (χ4v) is 2.78. The molecule has 1 aromatic carbocycles. The number of fused-ring (bicyclic) bond motifs is 1. The van der Waals surface area contributed by atoms with Crippen LogP contribution in [0, 0.1) is 12.7 Å². The minimum atomic E-state index is -4.73. The monoisotopic (exact) mass is 390 g/mol. The van der Waals surface area contributed by atoms with Crippen molar-refractivity contribution >= 4 is 11.0 Å². The van der Waals surface area contributed by atoms with Crippen LogP contribution in [0.4, 0.5) is 26.3 Å². The lowest BCUT2D eigenvalue weighted by Gasteiger charge is -2.16. The molecule has 3 rings (SSSR count). The summed E-state index contributed by atoms with van der Waals surface area (Å²) in [6.07, 6.45) is -7.82. The molecule has 0 aliphatic heterocycles. The molecule has 0 amide bonds. The van der Waals surface area contributed by atoms with Crippen LogP contribution in [-0.4, -0.2) is 19.7 Å². The van der Waals surface area contributed by atoms with E-state index in [4.69, 9.17) is 0 Å². The molecule has 11 heteroatoms. The quantitative estimate of drug-likeness (QED) is 0.684. The number of halogens is 6. The van der Waals surface area contributed by atoms with Crippen LogP contribution in [0.25, 0.3) is 11.0 Å². The van der Waals surface area contributed by atoms with Crippen molar-refractivity contribution in [2.24, 2.45) is 0 Å². The maximum atomic E-state index is 14.3. The van der Waals surface area contributed by atoms with E-state index in [1.54, 1.807) is 0 Å². The van der Waals surface area contributed by atoms with Crippen molar-refractivity contribution < 1.29 is 26.3 Å². The van der Waals surface area contributed by atoms with Crippen LogP contribution in [0.3, 0.4) is 0 Å². The van der Waals surface area contributed by atoms with Gasteiger partial charge in [-0.25, -0.2) is 22.8 Å². The molecule has 0 aliphatic rings. The first-order chi connectivity index (χ1) is 12.5. The SMILES string of the molecule is Cc1nc2c(c(C(F)F)nn2[C@@H](C)c2ccc(C(F)(F)F)cc2F)c(=O)[nH]1. The minimum absolute atomic E-state index is 0.120. The van der Waals surface area contributed by atoms with Crippen molar-refractivity contribution in [2.75, 3.05) is 0 Å². The topological polar surface area (TPSA) is 63.6 Å². The number of aromatic amines is 1. The first-order valence-corrected chi connectivity index (χ1v) is 7.64. The van der Waals surface area contributed by atoms with E-state index in [0.717, 1.165) is 10.7 Å².